The highest BCUT2D eigenvalue weighted by molar-refractivity contribution is 5.76. The Bertz CT molecular complexity index is 947. The number of amides is 1. The van der Waals surface area contributed by atoms with Crippen LogP contribution in [0, 0.1) is 6.92 Å². The lowest BCUT2D eigenvalue weighted by atomic mass is 10.1. The summed E-state index contributed by atoms with van der Waals surface area (Å²) in [5.41, 5.74) is 0.864. The maximum Gasteiger partial charge on any atom is 0.247 e. The summed E-state index contributed by atoms with van der Waals surface area (Å²) in [4.78, 5) is 14.7. The Balaban J connectivity index is 1.31. The predicted molar refractivity (Wildman–Crippen MR) is 110 cm³/mol. The fourth-order valence-electron chi connectivity index (χ4n) is 3.50. The van der Waals surface area contributed by atoms with E-state index < -0.39 is 0 Å². The van der Waals surface area contributed by atoms with Crippen molar-refractivity contribution in [1.29, 1.82) is 0 Å². The Morgan fingerprint density at radius 1 is 1.10 bits per heavy atom. The van der Waals surface area contributed by atoms with Gasteiger partial charge >= 0.3 is 0 Å². The average Bonchev–Trinajstić information content (AvgIpc) is 3.43. The van der Waals surface area contributed by atoms with Crippen molar-refractivity contribution in [3.8, 4) is 11.5 Å². The largest absolute Gasteiger partial charge is 0.465 e. The van der Waals surface area contributed by atoms with Gasteiger partial charge in [-0.25, -0.2) is 0 Å². The first-order valence-corrected chi connectivity index (χ1v) is 10.2. The van der Waals surface area contributed by atoms with Gasteiger partial charge in [0.15, 0.2) is 0 Å². The molecule has 0 bridgehead atoms. The molecule has 1 aromatic carbocycles. The van der Waals surface area contributed by atoms with Gasteiger partial charge in [-0.05, 0) is 31.2 Å². The summed E-state index contributed by atoms with van der Waals surface area (Å²) in [6.45, 7) is 5.39. The summed E-state index contributed by atoms with van der Waals surface area (Å²) in [7, 11) is 0. The molecular weight excluding hydrogens is 384 g/mol. The molecule has 30 heavy (non-hydrogen) atoms. The first-order chi connectivity index (χ1) is 14.7. The van der Waals surface area contributed by atoms with E-state index in [0.29, 0.717) is 38.0 Å². The van der Waals surface area contributed by atoms with Crippen LogP contribution < -0.4 is 5.32 Å². The van der Waals surface area contributed by atoms with Crippen LogP contribution >= 0.6 is 0 Å². The van der Waals surface area contributed by atoms with Crippen LogP contribution in [-0.2, 0) is 16.0 Å². The maximum atomic E-state index is 12.4. The van der Waals surface area contributed by atoms with E-state index >= 15 is 0 Å². The molecule has 1 aliphatic rings. The third-order valence-corrected chi connectivity index (χ3v) is 5.12. The van der Waals surface area contributed by atoms with E-state index in [2.05, 4.69) is 20.4 Å². The normalized spacial score (nSPS) is 15.8. The number of hydrogen-bond acceptors (Lipinski definition) is 7. The van der Waals surface area contributed by atoms with Crippen molar-refractivity contribution in [2.75, 3.05) is 32.8 Å². The lowest BCUT2D eigenvalue weighted by molar-refractivity contribution is -0.121. The number of ether oxygens (including phenoxy) is 1. The van der Waals surface area contributed by atoms with Crippen LogP contribution in [0.3, 0.4) is 0 Å². The minimum absolute atomic E-state index is 0.0142. The number of hydrogen-bond donors (Lipinski definition) is 1. The first kappa shape index (κ1) is 20.3. The molecule has 0 spiro atoms. The number of nitrogens with zero attached hydrogens (tertiary/aromatic N) is 3. The molecule has 1 amide bonds. The van der Waals surface area contributed by atoms with E-state index in [1.54, 1.807) is 0 Å². The van der Waals surface area contributed by atoms with E-state index in [1.165, 1.54) is 0 Å². The molecule has 1 atom stereocenters. The topological polar surface area (TPSA) is 93.6 Å². The third-order valence-electron chi connectivity index (χ3n) is 5.12. The van der Waals surface area contributed by atoms with Gasteiger partial charge in [0.1, 0.15) is 11.5 Å². The van der Waals surface area contributed by atoms with Gasteiger partial charge in [-0.2, -0.15) is 0 Å². The minimum Gasteiger partial charge on any atom is -0.465 e. The molecule has 3 aromatic rings. The van der Waals surface area contributed by atoms with Crippen molar-refractivity contribution >= 4 is 5.91 Å². The van der Waals surface area contributed by atoms with Gasteiger partial charge in [-0.15, -0.1) is 10.2 Å². The van der Waals surface area contributed by atoms with E-state index in [0.717, 1.165) is 30.2 Å². The number of nitrogens with one attached hydrogen (secondary N) is 1. The fourth-order valence-corrected chi connectivity index (χ4v) is 3.50. The summed E-state index contributed by atoms with van der Waals surface area (Å²) in [6.07, 6.45) is 0.678. The van der Waals surface area contributed by atoms with Crippen LogP contribution in [0.4, 0.5) is 0 Å². The molecular formula is C22H26N4O4. The Morgan fingerprint density at radius 2 is 1.90 bits per heavy atom. The molecule has 1 N–H and O–H groups in total. The lowest BCUT2D eigenvalue weighted by Gasteiger charge is -2.33. The molecule has 1 unspecified atom stereocenters. The van der Waals surface area contributed by atoms with Crippen molar-refractivity contribution in [1.82, 2.24) is 20.4 Å². The number of benzene rings is 1. The molecule has 8 nitrogen and oxygen atoms in total. The number of aryl methyl sites for hydroxylation is 2. The van der Waals surface area contributed by atoms with Crippen LogP contribution in [0.5, 0.6) is 0 Å². The monoisotopic (exact) mass is 410 g/mol. The Hall–Kier alpha value is -2.97. The molecule has 0 saturated carbocycles. The quantitative estimate of drug-likeness (QED) is 0.610. The molecule has 8 heteroatoms. The number of carbonyl (C=O) groups excluding carboxylic acids is 1. The molecule has 0 radical (unpaired) electrons. The van der Waals surface area contributed by atoms with E-state index in [-0.39, 0.29) is 18.4 Å². The first-order valence-electron chi connectivity index (χ1n) is 10.2. The third kappa shape index (κ3) is 5.14. The van der Waals surface area contributed by atoms with Gasteiger partial charge in [0.2, 0.25) is 17.7 Å². The van der Waals surface area contributed by atoms with E-state index in [1.807, 2.05) is 49.4 Å². The summed E-state index contributed by atoms with van der Waals surface area (Å²) >= 11 is 0. The molecule has 1 fully saturated rings. The molecule has 1 saturated heterocycles. The maximum absolute atomic E-state index is 12.4. The van der Waals surface area contributed by atoms with Gasteiger partial charge in [0, 0.05) is 38.0 Å². The molecule has 158 valence electrons. The minimum atomic E-state index is -0.0593. The Kier molecular flexibility index (Phi) is 6.56. The number of rotatable bonds is 8. The van der Waals surface area contributed by atoms with Gasteiger partial charge < -0.3 is 18.9 Å². The molecule has 4 rings (SSSR count). The standard InChI is InChI=1S/C22H26N4O4/c1-16-7-8-19(29-16)18(26-11-13-28-14-12-26)15-23-20(27)9-10-21-24-25-22(30-21)17-5-3-2-4-6-17/h2-8,18H,9-15H2,1H3,(H,23,27). The van der Waals surface area contributed by atoms with Crippen molar-refractivity contribution in [2.45, 2.75) is 25.8 Å². The lowest BCUT2D eigenvalue weighted by Crippen LogP contribution is -2.43. The van der Waals surface area contributed by atoms with Crippen LogP contribution in [0.2, 0.25) is 0 Å². The summed E-state index contributed by atoms with van der Waals surface area (Å²) < 4.78 is 17.0. The molecule has 0 aliphatic carbocycles. The molecule has 2 aromatic heterocycles. The van der Waals surface area contributed by atoms with Gasteiger partial charge in [-0.1, -0.05) is 18.2 Å². The van der Waals surface area contributed by atoms with Crippen LogP contribution in [0.15, 0.2) is 51.3 Å². The second-order valence-electron chi connectivity index (χ2n) is 7.28. The summed E-state index contributed by atoms with van der Waals surface area (Å²) in [5, 5.41) is 11.1. The van der Waals surface area contributed by atoms with Gasteiger partial charge in [0.25, 0.3) is 0 Å². The number of furan rings is 1. The van der Waals surface area contributed by atoms with E-state index in [4.69, 9.17) is 13.6 Å². The average molecular weight is 410 g/mol. The predicted octanol–water partition coefficient (Wildman–Crippen LogP) is 2.76. The zero-order valence-electron chi connectivity index (χ0n) is 17.0. The fraction of sp³-hybridized carbons (Fsp3) is 0.409. The van der Waals surface area contributed by atoms with Crippen molar-refractivity contribution < 1.29 is 18.4 Å². The van der Waals surface area contributed by atoms with E-state index in [9.17, 15) is 4.79 Å². The molecule has 3 heterocycles. The zero-order valence-corrected chi connectivity index (χ0v) is 17.0. The number of morpholine rings is 1. The highest BCUT2D eigenvalue weighted by atomic mass is 16.5. The summed E-state index contributed by atoms with van der Waals surface area (Å²) in [6, 6.07) is 13.5. The summed E-state index contributed by atoms with van der Waals surface area (Å²) in [5.74, 6) is 2.58. The number of aromatic nitrogens is 2. The Morgan fingerprint density at radius 3 is 2.63 bits per heavy atom. The SMILES string of the molecule is Cc1ccc(C(CNC(=O)CCc2nnc(-c3ccccc3)o2)N2CCOCC2)o1. The highest BCUT2D eigenvalue weighted by Gasteiger charge is 2.25. The van der Waals surface area contributed by atoms with Crippen LogP contribution in [0.1, 0.15) is 29.9 Å². The number of carbonyl (C=O) groups is 1. The van der Waals surface area contributed by atoms with Crippen molar-refractivity contribution in [3.05, 3.63) is 59.9 Å². The zero-order chi connectivity index (χ0) is 20.8. The second-order valence-corrected chi connectivity index (χ2v) is 7.28. The van der Waals surface area contributed by atoms with Crippen molar-refractivity contribution in [2.24, 2.45) is 0 Å². The smallest absolute Gasteiger partial charge is 0.247 e. The Labute approximate surface area is 175 Å². The van der Waals surface area contributed by atoms with Gasteiger partial charge in [0.05, 0.1) is 19.3 Å². The van der Waals surface area contributed by atoms with Gasteiger partial charge in [-0.3, -0.25) is 9.69 Å². The van der Waals surface area contributed by atoms with Crippen molar-refractivity contribution in [3.63, 3.8) is 0 Å². The van der Waals surface area contributed by atoms with Crippen LogP contribution in [0.25, 0.3) is 11.5 Å². The molecule has 1 aliphatic heterocycles. The van der Waals surface area contributed by atoms with Crippen LogP contribution in [-0.4, -0.2) is 53.9 Å². The highest BCUT2D eigenvalue weighted by Crippen LogP contribution is 2.23. The second kappa shape index (κ2) is 9.69.